The van der Waals surface area contributed by atoms with Gasteiger partial charge >= 0.3 is 0 Å². The number of phosphoric acid groups is 1. The van der Waals surface area contributed by atoms with Crippen molar-refractivity contribution in [3.63, 3.8) is 0 Å². The van der Waals surface area contributed by atoms with Gasteiger partial charge < -0.3 is 28.8 Å². The highest BCUT2D eigenvalue weighted by Gasteiger charge is 2.22. The van der Waals surface area contributed by atoms with E-state index in [1.54, 1.807) is 12.2 Å². The smallest absolute Gasteiger partial charge is 0.268 e. The highest BCUT2D eigenvalue weighted by Crippen LogP contribution is 2.38. The zero-order valence-electron chi connectivity index (χ0n) is 31.3. The molecule has 0 aromatic rings. The van der Waals surface area contributed by atoms with Crippen molar-refractivity contribution in [2.45, 2.75) is 122 Å². The van der Waals surface area contributed by atoms with Crippen molar-refractivity contribution in [3.05, 3.63) is 85.1 Å². The number of unbranched alkanes of at least 4 members (excludes halogenated alkanes) is 7. The summed E-state index contributed by atoms with van der Waals surface area (Å²) in [5.74, 6) is -0.341. The standard InChI is InChI=1S/C40H69N2O6P/c1-6-8-10-12-14-16-18-20-21-22-24-26-28-30-32-34-40(44)41-38(37-48-49(45,46)47-36-35-42(3,4)5)39(43)33-31-29-27-25-23-19-17-15-13-11-9-7-2/h8,10,14,16,20-21,23-26,30-33,38-39,43H,6-7,9,11-13,15,17-19,22,27-29,34-37H2,1-5H3,(H-,41,44,45,46)/b10-8-,16-14-,21-20-,25-23+,26-24-,32-30-,33-31+. The summed E-state index contributed by atoms with van der Waals surface area (Å²) in [7, 11) is 1.17. The summed E-state index contributed by atoms with van der Waals surface area (Å²) in [6.07, 6.45) is 42.3. The van der Waals surface area contributed by atoms with Crippen molar-refractivity contribution in [2.75, 3.05) is 40.9 Å². The van der Waals surface area contributed by atoms with Gasteiger partial charge in [0.25, 0.3) is 7.82 Å². The second kappa shape index (κ2) is 31.6. The molecule has 3 atom stereocenters. The summed E-state index contributed by atoms with van der Waals surface area (Å²) in [5, 5.41) is 13.6. The Balaban J connectivity index is 4.80. The third-order valence-corrected chi connectivity index (χ3v) is 8.33. The lowest BCUT2D eigenvalue weighted by atomic mass is 10.1. The zero-order valence-corrected chi connectivity index (χ0v) is 32.2. The van der Waals surface area contributed by atoms with Gasteiger partial charge in [-0.2, -0.15) is 0 Å². The predicted molar refractivity (Wildman–Crippen MR) is 205 cm³/mol. The van der Waals surface area contributed by atoms with E-state index in [9.17, 15) is 19.4 Å². The minimum absolute atomic E-state index is 0.0276. The number of hydrogen-bond acceptors (Lipinski definition) is 6. The second-order valence-electron chi connectivity index (χ2n) is 13.2. The van der Waals surface area contributed by atoms with Gasteiger partial charge in [0.1, 0.15) is 13.2 Å². The van der Waals surface area contributed by atoms with E-state index in [1.807, 2.05) is 39.4 Å². The third kappa shape index (κ3) is 33.9. The maximum atomic E-state index is 12.7. The molecule has 0 aromatic heterocycles. The Morgan fingerprint density at radius 3 is 1.86 bits per heavy atom. The Labute approximate surface area is 299 Å². The Kier molecular flexibility index (Phi) is 30.1. The summed E-state index contributed by atoms with van der Waals surface area (Å²) >= 11 is 0. The predicted octanol–water partition coefficient (Wildman–Crippen LogP) is 8.82. The number of hydrogen-bond donors (Lipinski definition) is 2. The van der Waals surface area contributed by atoms with E-state index >= 15 is 0 Å². The number of aliphatic hydroxyl groups excluding tert-OH is 1. The van der Waals surface area contributed by atoms with Crippen LogP contribution in [-0.4, -0.2) is 68.5 Å². The molecular formula is C40H69N2O6P. The minimum atomic E-state index is -4.62. The number of rotatable bonds is 31. The highest BCUT2D eigenvalue weighted by atomic mass is 31.2. The molecule has 0 saturated heterocycles. The number of amides is 1. The van der Waals surface area contributed by atoms with Gasteiger partial charge in [0.05, 0.1) is 39.9 Å². The van der Waals surface area contributed by atoms with Crippen LogP contribution < -0.4 is 10.2 Å². The van der Waals surface area contributed by atoms with Crippen LogP contribution in [0.1, 0.15) is 110 Å². The van der Waals surface area contributed by atoms with Gasteiger partial charge in [-0.3, -0.25) is 9.36 Å². The van der Waals surface area contributed by atoms with Gasteiger partial charge in [-0.05, 0) is 57.8 Å². The summed E-state index contributed by atoms with van der Waals surface area (Å²) in [6.45, 7) is 4.36. The molecule has 2 N–H and O–H groups in total. The molecule has 8 nitrogen and oxygen atoms in total. The largest absolute Gasteiger partial charge is 0.756 e. The lowest BCUT2D eigenvalue weighted by Gasteiger charge is -2.29. The van der Waals surface area contributed by atoms with Crippen LogP contribution in [0, 0.1) is 0 Å². The second-order valence-corrected chi connectivity index (χ2v) is 14.6. The number of likely N-dealkylation sites (N-methyl/N-ethyl adjacent to an activating group) is 1. The summed E-state index contributed by atoms with van der Waals surface area (Å²) < 4.78 is 23.0. The molecule has 1 amide bonds. The molecule has 0 heterocycles. The normalized spacial score (nSPS) is 15.7. The van der Waals surface area contributed by atoms with Gasteiger partial charge in [-0.15, -0.1) is 0 Å². The average Bonchev–Trinajstić information content (AvgIpc) is 3.04. The molecule has 0 rings (SSSR count). The van der Waals surface area contributed by atoms with Crippen LogP contribution in [0.3, 0.4) is 0 Å². The maximum Gasteiger partial charge on any atom is 0.268 e. The molecule has 0 aromatic carbocycles. The molecule has 0 radical (unpaired) electrons. The third-order valence-electron chi connectivity index (χ3n) is 7.37. The highest BCUT2D eigenvalue weighted by molar-refractivity contribution is 7.45. The van der Waals surface area contributed by atoms with Crippen LogP contribution in [0.2, 0.25) is 0 Å². The van der Waals surface area contributed by atoms with E-state index in [0.29, 0.717) is 17.4 Å². The number of nitrogens with one attached hydrogen (secondary N) is 1. The Morgan fingerprint density at radius 2 is 1.27 bits per heavy atom. The zero-order chi connectivity index (χ0) is 36.5. The first-order valence-electron chi connectivity index (χ1n) is 18.4. The van der Waals surface area contributed by atoms with Crippen LogP contribution in [0.25, 0.3) is 0 Å². The molecular weight excluding hydrogens is 635 g/mol. The van der Waals surface area contributed by atoms with Gasteiger partial charge in [-0.1, -0.05) is 131 Å². The molecule has 0 spiro atoms. The number of nitrogens with zero attached hydrogens (tertiary/aromatic N) is 1. The van der Waals surface area contributed by atoms with E-state index < -0.39 is 26.6 Å². The molecule has 0 fully saturated rings. The van der Waals surface area contributed by atoms with Crippen molar-refractivity contribution in [1.29, 1.82) is 0 Å². The fourth-order valence-electron chi connectivity index (χ4n) is 4.41. The number of carbonyl (C=O) groups excluding carboxylic acids is 1. The van der Waals surface area contributed by atoms with Crippen LogP contribution in [0.4, 0.5) is 0 Å². The van der Waals surface area contributed by atoms with Crippen molar-refractivity contribution < 1.29 is 32.9 Å². The van der Waals surface area contributed by atoms with Crippen molar-refractivity contribution in [3.8, 4) is 0 Å². The van der Waals surface area contributed by atoms with Gasteiger partial charge in [-0.25, -0.2) is 0 Å². The molecule has 0 saturated carbocycles. The van der Waals surface area contributed by atoms with Crippen molar-refractivity contribution in [1.82, 2.24) is 5.32 Å². The lowest BCUT2D eigenvalue weighted by molar-refractivity contribution is -0.870. The van der Waals surface area contributed by atoms with E-state index in [-0.39, 0.29) is 18.9 Å². The fourth-order valence-corrected chi connectivity index (χ4v) is 5.13. The molecule has 0 bridgehead atoms. The van der Waals surface area contributed by atoms with Crippen molar-refractivity contribution >= 4 is 13.7 Å². The molecule has 3 unspecified atom stereocenters. The Hall–Kier alpha value is -2.32. The summed E-state index contributed by atoms with van der Waals surface area (Å²) in [5.41, 5.74) is 0. The molecule has 0 aliphatic rings. The topological polar surface area (TPSA) is 108 Å². The first-order chi connectivity index (χ1) is 23.5. The molecule has 0 aliphatic heterocycles. The number of phosphoric ester groups is 1. The fraction of sp³-hybridized carbons (Fsp3) is 0.625. The number of allylic oxidation sites excluding steroid dienone is 12. The van der Waals surface area contributed by atoms with E-state index in [2.05, 4.69) is 73.8 Å². The molecule has 9 heteroatoms. The van der Waals surface area contributed by atoms with Crippen LogP contribution >= 0.6 is 7.82 Å². The van der Waals surface area contributed by atoms with Gasteiger partial charge in [0.2, 0.25) is 5.91 Å². The van der Waals surface area contributed by atoms with E-state index in [1.165, 1.54) is 38.5 Å². The van der Waals surface area contributed by atoms with Crippen LogP contribution in [0.15, 0.2) is 85.1 Å². The SMILES string of the molecule is CC/C=C\C/C=C\C/C=C\C/C=C\C/C=C\CC(=O)NC(COP(=O)([O-])OCC[N+](C)(C)C)C(O)/C=C/CC/C=C/CCCCCCCC. The monoisotopic (exact) mass is 704 g/mol. The van der Waals surface area contributed by atoms with Crippen LogP contribution in [-0.2, 0) is 18.4 Å². The molecule has 0 aliphatic carbocycles. The quantitative estimate of drug-likeness (QED) is 0.0323. The van der Waals surface area contributed by atoms with E-state index in [4.69, 9.17) is 9.05 Å². The first kappa shape index (κ1) is 46.7. The molecule has 49 heavy (non-hydrogen) atoms. The minimum Gasteiger partial charge on any atom is -0.756 e. The number of quaternary nitrogens is 1. The average molecular weight is 705 g/mol. The number of aliphatic hydroxyl groups is 1. The number of carbonyl (C=O) groups is 1. The van der Waals surface area contributed by atoms with E-state index in [0.717, 1.165) is 44.9 Å². The van der Waals surface area contributed by atoms with Crippen LogP contribution in [0.5, 0.6) is 0 Å². The van der Waals surface area contributed by atoms with Gasteiger partial charge in [0.15, 0.2) is 0 Å². The van der Waals surface area contributed by atoms with Gasteiger partial charge in [0, 0.05) is 6.42 Å². The lowest BCUT2D eigenvalue weighted by Crippen LogP contribution is -2.45. The maximum absolute atomic E-state index is 12.7. The van der Waals surface area contributed by atoms with Crippen molar-refractivity contribution in [2.24, 2.45) is 0 Å². The summed E-state index contributed by atoms with van der Waals surface area (Å²) in [6, 6.07) is -0.959. The molecule has 280 valence electrons. The Bertz CT molecular complexity index is 1070. The summed E-state index contributed by atoms with van der Waals surface area (Å²) in [4.78, 5) is 25.1. The Morgan fingerprint density at radius 1 is 0.735 bits per heavy atom. The first-order valence-corrected chi connectivity index (χ1v) is 19.9.